The molecule has 13 heteroatoms. The number of carbonyl (C=O) groups excluding carboxylic acids is 2. The smallest absolute Gasteiger partial charge is 0.270 e. The fraction of sp³-hybridized carbons (Fsp3) is 0.364. The van der Waals surface area contributed by atoms with E-state index in [2.05, 4.69) is 25.6 Å². The summed E-state index contributed by atoms with van der Waals surface area (Å²) in [6.45, 7) is 1.43. The summed E-state index contributed by atoms with van der Waals surface area (Å²) in [6.07, 6.45) is 1.58. The van der Waals surface area contributed by atoms with Gasteiger partial charge in [-0.2, -0.15) is 4.98 Å². The Morgan fingerprint density at radius 2 is 2.14 bits per heavy atom. The largest absolute Gasteiger partial charge is 0.480 e. The molecular formula is C22H25N7O6. The van der Waals surface area contributed by atoms with Gasteiger partial charge in [-0.3, -0.25) is 23.9 Å². The average Bonchev–Trinajstić information content (AvgIpc) is 2.87. The minimum atomic E-state index is -0.330. The van der Waals surface area contributed by atoms with Gasteiger partial charge in [0.1, 0.15) is 17.9 Å². The Morgan fingerprint density at radius 3 is 2.94 bits per heavy atom. The summed E-state index contributed by atoms with van der Waals surface area (Å²) >= 11 is 0. The van der Waals surface area contributed by atoms with Crippen LogP contribution in [0, 0.1) is 0 Å². The van der Waals surface area contributed by atoms with Crippen molar-refractivity contribution in [2.24, 2.45) is 7.05 Å². The quantitative estimate of drug-likeness (QED) is 0.275. The van der Waals surface area contributed by atoms with E-state index in [0.29, 0.717) is 54.7 Å². The Morgan fingerprint density at radius 1 is 1.29 bits per heavy atom. The molecule has 35 heavy (non-hydrogen) atoms. The molecule has 1 aliphatic heterocycles. The van der Waals surface area contributed by atoms with Crippen LogP contribution in [0.15, 0.2) is 35.3 Å². The maximum atomic E-state index is 11.7. The number of nitrogens with zero attached hydrogens (tertiary/aromatic N) is 5. The molecule has 2 amide bonds. The van der Waals surface area contributed by atoms with Crippen LogP contribution in [0.4, 0.5) is 11.6 Å². The number of hydrogen-bond acceptors (Lipinski definition) is 10. The molecule has 0 aromatic carbocycles. The molecule has 0 aliphatic carbocycles. The number of methoxy groups -OCH3 is 1. The first kappa shape index (κ1) is 24.0. The lowest BCUT2D eigenvalue weighted by Gasteiger charge is -2.24. The van der Waals surface area contributed by atoms with Crippen LogP contribution < -0.4 is 30.6 Å². The fourth-order valence-electron chi connectivity index (χ4n) is 3.40. The Bertz CT molecular complexity index is 1280. The van der Waals surface area contributed by atoms with E-state index in [1.165, 1.54) is 15.7 Å². The zero-order valence-electron chi connectivity index (χ0n) is 19.3. The summed E-state index contributed by atoms with van der Waals surface area (Å²) in [4.78, 5) is 49.1. The molecule has 4 heterocycles. The van der Waals surface area contributed by atoms with Crippen molar-refractivity contribution >= 4 is 35.1 Å². The number of ether oxygens (including phenoxy) is 3. The molecule has 184 valence electrons. The van der Waals surface area contributed by atoms with Crippen molar-refractivity contribution in [2.75, 3.05) is 50.2 Å². The van der Waals surface area contributed by atoms with E-state index >= 15 is 0 Å². The first-order valence-corrected chi connectivity index (χ1v) is 10.8. The van der Waals surface area contributed by atoms with Crippen LogP contribution in [0.5, 0.6) is 11.6 Å². The molecule has 0 saturated carbocycles. The van der Waals surface area contributed by atoms with E-state index in [0.717, 1.165) is 0 Å². The second-order valence-electron chi connectivity index (χ2n) is 7.67. The van der Waals surface area contributed by atoms with Crippen molar-refractivity contribution in [3.63, 3.8) is 0 Å². The number of pyridine rings is 2. The molecule has 0 fully saturated rings. The number of hydrogen-bond donors (Lipinski definition) is 2. The third-order valence-corrected chi connectivity index (χ3v) is 5.31. The number of aromatic nitrogens is 4. The summed E-state index contributed by atoms with van der Waals surface area (Å²) < 4.78 is 17.9. The van der Waals surface area contributed by atoms with Crippen LogP contribution in [0.2, 0.25) is 0 Å². The first-order chi connectivity index (χ1) is 17.0. The third-order valence-electron chi connectivity index (χ3n) is 5.31. The van der Waals surface area contributed by atoms with Gasteiger partial charge in [-0.05, 0) is 18.2 Å². The summed E-state index contributed by atoms with van der Waals surface area (Å²) in [5.41, 5.74) is 0.796. The molecule has 1 unspecified atom stereocenters. The Hall–Kier alpha value is -4.10. The van der Waals surface area contributed by atoms with Gasteiger partial charge < -0.3 is 24.8 Å². The zero-order valence-corrected chi connectivity index (χ0v) is 19.3. The van der Waals surface area contributed by atoms with E-state index in [1.807, 2.05) is 0 Å². The maximum absolute atomic E-state index is 11.7. The minimum absolute atomic E-state index is 0.0691. The molecule has 3 aromatic heterocycles. The number of amides is 2. The Balaban J connectivity index is 1.27. The second-order valence-corrected chi connectivity index (χ2v) is 7.67. The lowest BCUT2D eigenvalue weighted by molar-refractivity contribution is -0.118. The van der Waals surface area contributed by atoms with Crippen molar-refractivity contribution in [2.45, 2.75) is 6.10 Å². The van der Waals surface area contributed by atoms with Crippen LogP contribution in [-0.2, 0) is 21.4 Å². The van der Waals surface area contributed by atoms with Gasteiger partial charge in [-0.1, -0.05) is 0 Å². The fourth-order valence-corrected chi connectivity index (χ4v) is 3.40. The molecule has 0 radical (unpaired) electrons. The lowest BCUT2D eigenvalue weighted by atomic mass is 10.3. The van der Waals surface area contributed by atoms with Gasteiger partial charge in [0.05, 0.1) is 18.8 Å². The number of carbonyl (C=O) groups is 2. The molecule has 0 spiro atoms. The predicted octanol–water partition coefficient (Wildman–Crippen LogP) is -0.299. The molecule has 1 aliphatic rings. The minimum Gasteiger partial charge on any atom is -0.480 e. The van der Waals surface area contributed by atoms with Gasteiger partial charge in [0.2, 0.25) is 12.3 Å². The van der Waals surface area contributed by atoms with Crippen molar-refractivity contribution in [3.05, 3.63) is 40.8 Å². The van der Waals surface area contributed by atoms with E-state index in [1.54, 1.807) is 38.4 Å². The molecule has 4 rings (SSSR count). The van der Waals surface area contributed by atoms with E-state index in [4.69, 9.17) is 14.2 Å². The molecule has 13 nitrogen and oxygen atoms in total. The van der Waals surface area contributed by atoms with Gasteiger partial charge in [0.25, 0.3) is 11.5 Å². The van der Waals surface area contributed by atoms with Gasteiger partial charge in [0.15, 0.2) is 23.8 Å². The highest BCUT2D eigenvalue weighted by Gasteiger charge is 2.21. The Labute approximate surface area is 200 Å². The molecule has 1 atom stereocenters. The highest BCUT2D eigenvalue weighted by molar-refractivity contribution is 5.94. The Kier molecular flexibility index (Phi) is 7.48. The third kappa shape index (κ3) is 5.70. The number of anilines is 2. The average molecular weight is 483 g/mol. The molecule has 0 saturated heterocycles. The summed E-state index contributed by atoms with van der Waals surface area (Å²) in [6, 6.07) is 6.73. The van der Waals surface area contributed by atoms with Crippen LogP contribution >= 0.6 is 0 Å². The number of aryl methyl sites for hydroxylation is 1. The van der Waals surface area contributed by atoms with E-state index in [9.17, 15) is 14.4 Å². The van der Waals surface area contributed by atoms with Gasteiger partial charge in [0, 0.05) is 33.3 Å². The number of fused-ring (bicyclic) bond motifs is 2. The van der Waals surface area contributed by atoms with Crippen molar-refractivity contribution in [3.8, 4) is 11.6 Å². The van der Waals surface area contributed by atoms with Gasteiger partial charge in [-0.15, -0.1) is 0 Å². The van der Waals surface area contributed by atoms with E-state index in [-0.39, 0.29) is 36.5 Å². The normalized spacial score (nSPS) is 13.5. The SMILES string of the molecule is COC(CNCCOc1ccc2ncc(=O)n(C)c2n1)CN(C=O)c1ccc2c(n1)NC(=O)CO2. The molecule has 0 bridgehead atoms. The number of nitrogens with one attached hydrogen (secondary N) is 2. The highest BCUT2D eigenvalue weighted by Crippen LogP contribution is 2.28. The number of rotatable bonds is 11. The molecule has 3 aromatic rings. The van der Waals surface area contributed by atoms with Crippen LogP contribution in [-0.4, -0.2) is 77.9 Å². The first-order valence-electron chi connectivity index (χ1n) is 10.8. The van der Waals surface area contributed by atoms with Crippen molar-refractivity contribution in [1.29, 1.82) is 0 Å². The molecular weight excluding hydrogens is 458 g/mol. The van der Waals surface area contributed by atoms with Crippen LogP contribution in [0.3, 0.4) is 0 Å². The van der Waals surface area contributed by atoms with Crippen LogP contribution in [0.1, 0.15) is 0 Å². The van der Waals surface area contributed by atoms with Crippen LogP contribution in [0.25, 0.3) is 11.2 Å². The maximum Gasteiger partial charge on any atom is 0.270 e. The molecule has 2 N–H and O–H groups in total. The summed E-state index contributed by atoms with van der Waals surface area (Å²) in [5.74, 6) is 1.16. The second kappa shape index (κ2) is 10.9. The standard InChI is InChI=1S/C22H25N7O6/c1-28-20(32)10-24-15-3-6-19(27-22(15)28)34-8-7-23-9-14(33-2)11-29(13-30)17-5-4-16-21(25-17)26-18(31)12-35-16/h3-6,10,13-14,23H,7-9,11-12H2,1-2H3,(H,25,26,31). The monoisotopic (exact) mass is 483 g/mol. The summed E-state index contributed by atoms with van der Waals surface area (Å²) in [7, 11) is 3.18. The predicted molar refractivity (Wildman–Crippen MR) is 126 cm³/mol. The summed E-state index contributed by atoms with van der Waals surface area (Å²) in [5, 5.41) is 5.84. The lowest BCUT2D eigenvalue weighted by Crippen LogP contribution is -2.40. The zero-order chi connectivity index (χ0) is 24.8. The van der Waals surface area contributed by atoms with Gasteiger partial charge >= 0.3 is 0 Å². The highest BCUT2D eigenvalue weighted by atomic mass is 16.5. The van der Waals surface area contributed by atoms with Crippen molar-refractivity contribution < 1.29 is 23.8 Å². The van der Waals surface area contributed by atoms with Crippen molar-refractivity contribution in [1.82, 2.24) is 24.8 Å². The topological polar surface area (TPSA) is 150 Å². The van der Waals surface area contributed by atoms with Gasteiger partial charge in [-0.25, -0.2) is 9.97 Å². The van der Waals surface area contributed by atoms with E-state index < -0.39 is 0 Å².